The fraction of sp³-hybridized carbons (Fsp3) is 0.529. The van der Waals surface area contributed by atoms with Gasteiger partial charge in [0.1, 0.15) is 0 Å². The van der Waals surface area contributed by atoms with Gasteiger partial charge in [-0.3, -0.25) is 9.59 Å². The Morgan fingerprint density at radius 3 is 2.55 bits per heavy atom. The molecule has 2 rings (SSSR count). The average molecular weight is 304 g/mol. The number of rotatable bonds is 7. The standard InChI is InChI=1S/C17H24N2O3/c1-12(20)18-8-7-17(22)19-16(14-10-15(21)11-14)9-13-5-3-2-4-6-13/h2-6,14-16,21H,7-11H2,1H3,(H,18,20)(H,19,22)/t14?,15?,16-/m0/s1. The van der Waals surface area contributed by atoms with Crippen molar-refractivity contribution in [2.45, 2.75) is 44.8 Å². The lowest BCUT2D eigenvalue weighted by Gasteiger charge is -2.38. The minimum atomic E-state index is -0.237. The molecule has 3 N–H and O–H groups in total. The fourth-order valence-electron chi connectivity index (χ4n) is 2.79. The highest BCUT2D eigenvalue weighted by Crippen LogP contribution is 2.31. The van der Waals surface area contributed by atoms with Gasteiger partial charge >= 0.3 is 0 Å². The second-order valence-electron chi connectivity index (χ2n) is 5.98. The maximum absolute atomic E-state index is 12.0. The van der Waals surface area contributed by atoms with E-state index >= 15 is 0 Å². The van der Waals surface area contributed by atoms with Crippen LogP contribution in [0.3, 0.4) is 0 Å². The third-order valence-electron chi connectivity index (χ3n) is 4.09. The van der Waals surface area contributed by atoms with Gasteiger partial charge in [0.2, 0.25) is 11.8 Å². The summed E-state index contributed by atoms with van der Waals surface area (Å²) in [7, 11) is 0. The van der Waals surface area contributed by atoms with Gasteiger partial charge in [-0.15, -0.1) is 0 Å². The number of hydrogen-bond donors (Lipinski definition) is 3. The van der Waals surface area contributed by atoms with Crippen LogP contribution in [0, 0.1) is 5.92 Å². The van der Waals surface area contributed by atoms with Gasteiger partial charge in [0, 0.05) is 25.9 Å². The van der Waals surface area contributed by atoms with Crippen LogP contribution >= 0.6 is 0 Å². The highest BCUT2D eigenvalue weighted by Gasteiger charge is 2.34. The molecular formula is C17H24N2O3. The molecule has 0 spiro atoms. The van der Waals surface area contributed by atoms with Gasteiger partial charge in [-0.25, -0.2) is 0 Å². The summed E-state index contributed by atoms with van der Waals surface area (Å²) in [5.41, 5.74) is 1.18. The van der Waals surface area contributed by atoms with Gasteiger partial charge in [0.05, 0.1) is 6.10 Å². The van der Waals surface area contributed by atoms with Gasteiger partial charge in [-0.2, -0.15) is 0 Å². The molecule has 1 fully saturated rings. The monoisotopic (exact) mass is 304 g/mol. The van der Waals surface area contributed by atoms with Gasteiger partial charge in [0.15, 0.2) is 0 Å². The SMILES string of the molecule is CC(=O)NCCC(=O)N[C@@H](Cc1ccccc1)C1CC(O)C1. The predicted octanol–water partition coefficient (Wildman–Crippen LogP) is 1.01. The van der Waals surface area contributed by atoms with E-state index in [4.69, 9.17) is 0 Å². The number of aliphatic hydroxyl groups excluding tert-OH is 1. The quantitative estimate of drug-likeness (QED) is 0.703. The molecule has 5 nitrogen and oxygen atoms in total. The van der Waals surface area contributed by atoms with Crippen molar-refractivity contribution in [1.82, 2.24) is 10.6 Å². The Balaban J connectivity index is 1.87. The highest BCUT2D eigenvalue weighted by molar-refractivity contribution is 5.78. The first kappa shape index (κ1) is 16.5. The minimum absolute atomic E-state index is 0.0376. The zero-order chi connectivity index (χ0) is 15.9. The lowest BCUT2D eigenvalue weighted by molar-refractivity contribution is -0.123. The number of carbonyl (C=O) groups excluding carboxylic acids is 2. The molecular weight excluding hydrogens is 280 g/mol. The number of aliphatic hydroxyl groups is 1. The third kappa shape index (κ3) is 5.15. The molecule has 0 radical (unpaired) electrons. The molecule has 0 saturated heterocycles. The summed E-state index contributed by atoms with van der Waals surface area (Å²) >= 11 is 0. The Morgan fingerprint density at radius 2 is 1.95 bits per heavy atom. The topological polar surface area (TPSA) is 78.4 Å². The molecule has 0 bridgehead atoms. The van der Waals surface area contributed by atoms with Gasteiger partial charge < -0.3 is 15.7 Å². The van der Waals surface area contributed by atoms with Crippen LogP contribution in [0.5, 0.6) is 0 Å². The minimum Gasteiger partial charge on any atom is -0.393 e. The zero-order valence-electron chi connectivity index (χ0n) is 12.9. The molecule has 5 heteroatoms. The Kier molecular flexibility index (Phi) is 5.95. The average Bonchev–Trinajstić information content (AvgIpc) is 2.44. The van der Waals surface area contributed by atoms with E-state index in [0.717, 1.165) is 19.3 Å². The van der Waals surface area contributed by atoms with E-state index in [1.54, 1.807) is 0 Å². The summed E-state index contributed by atoms with van der Waals surface area (Å²) in [6.07, 6.45) is 2.29. The predicted molar refractivity (Wildman–Crippen MR) is 84.1 cm³/mol. The first-order valence-corrected chi connectivity index (χ1v) is 7.80. The number of amides is 2. The van der Waals surface area contributed by atoms with Crippen LogP contribution in [0.4, 0.5) is 0 Å². The van der Waals surface area contributed by atoms with Gasteiger partial charge in [-0.05, 0) is 30.7 Å². The second-order valence-corrected chi connectivity index (χ2v) is 5.98. The number of carbonyl (C=O) groups is 2. The molecule has 1 aromatic rings. The Labute approximate surface area is 131 Å². The first-order valence-electron chi connectivity index (χ1n) is 7.80. The summed E-state index contributed by atoms with van der Waals surface area (Å²) in [6, 6.07) is 10.1. The molecule has 1 saturated carbocycles. The van der Waals surface area contributed by atoms with Crippen LogP contribution < -0.4 is 10.6 Å². The summed E-state index contributed by atoms with van der Waals surface area (Å²) in [4.78, 5) is 22.8. The van der Waals surface area contributed by atoms with Gasteiger partial charge in [-0.1, -0.05) is 30.3 Å². The maximum atomic E-state index is 12.0. The number of benzene rings is 1. The summed E-state index contributed by atoms with van der Waals surface area (Å²) in [5.74, 6) is 0.131. The molecule has 0 unspecified atom stereocenters. The van der Waals surface area contributed by atoms with E-state index in [0.29, 0.717) is 12.5 Å². The van der Waals surface area contributed by atoms with Crippen LogP contribution in [-0.4, -0.2) is 35.6 Å². The zero-order valence-corrected chi connectivity index (χ0v) is 12.9. The van der Waals surface area contributed by atoms with Crippen LogP contribution in [-0.2, 0) is 16.0 Å². The lowest BCUT2D eigenvalue weighted by Crippen LogP contribution is -2.48. The molecule has 1 aromatic carbocycles. The van der Waals surface area contributed by atoms with E-state index in [9.17, 15) is 14.7 Å². The summed E-state index contributed by atoms with van der Waals surface area (Å²) < 4.78 is 0. The van der Waals surface area contributed by atoms with E-state index in [1.807, 2.05) is 30.3 Å². The summed E-state index contributed by atoms with van der Waals surface area (Å²) in [5, 5.41) is 15.2. The highest BCUT2D eigenvalue weighted by atomic mass is 16.3. The second kappa shape index (κ2) is 7.94. The molecule has 2 amide bonds. The number of hydrogen-bond acceptors (Lipinski definition) is 3. The van der Waals surface area contributed by atoms with Crippen molar-refractivity contribution >= 4 is 11.8 Å². The number of nitrogens with one attached hydrogen (secondary N) is 2. The van der Waals surface area contributed by atoms with E-state index in [-0.39, 0.29) is 30.4 Å². The van der Waals surface area contributed by atoms with Crippen LogP contribution in [0.2, 0.25) is 0 Å². The van der Waals surface area contributed by atoms with Crippen molar-refractivity contribution < 1.29 is 14.7 Å². The van der Waals surface area contributed by atoms with Gasteiger partial charge in [0.25, 0.3) is 0 Å². The molecule has 1 aliphatic rings. The van der Waals surface area contributed by atoms with E-state index < -0.39 is 0 Å². The fourth-order valence-corrected chi connectivity index (χ4v) is 2.79. The lowest BCUT2D eigenvalue weighted by atomic mass is 9.75. The van der Waals surface area contributed by atoms with Crippen LogP contribution in [0.15, 0.2) is 30.3 Å². The van der Waals surface area contributed by atoms with Crippen LogP contribution in [0.25, 0.3) is 0 Å². The molecule has 120 valence electrons. The molecule has 1 aliphatic carbocycles. The normalized spacial score (nSPS) is 21.5. The van der Waals surface area contributed by atoms with Crippen molar-refractivity contribution in [3.8, 4) is 0 Å². The maximum Gasteiger partial charge on any atom is 0.222 e. The Hall–Kier alpha value is -1.88. The molecule has 0 aromatic heterocycles. The Bertz CT molecular complexity index is 498. The first-order chi connectivity index (χ1) is 10.5. The Morgan fingerprint density at radius 1 is 1.27 bits per heavy atom. The van der Waals surface area contributed by atoms with Crippen molar-refractivity contribution in [3.63, 3.8) is 0 Å². The van der Waals surface area contributed by atoms with Crippen LogP contribution in [0.1, 0.15) is 31.7 Å². The van der Waals surface area contributed by atoms with E-state index in [1.165, 1.54) is 12.5 Å². The van der Waals surface area contributed by atoms with Crippen molar-refractivity contribution in [3.05, 3.63) is 35.9 Å². The molecule has 0 aliphatic heterocycles. The van der Waals surface area contributed by atoms with Crippen molar-refractivity contribution in [2.75, 3.05) is 6.54 Å². The largest absolute Gasteiger partial charge is 0.393 e. The third-order valence-corrected chi connectivity index (χ3v) is 4.09. The van der Waals surface area contributed by atoms with Crippen molar-refractivity contribution in [1.29, 1.82) is 0 Å². The summed E-state index contributed by atoms with van der Waals surface area (Å²) in [6.45, 7) is 1.79. The molecule has 0 heterocycles. The molecule has 1 atom stereocenters. The van der Waals surface area contributed by atoms with E-state index in [2.05, 4.69) is 10.6 Å². The smallest absolute Gasteiger partial charge is 0.222 e. The molecule has 22 heavy (non-hydrogen) atoms. The van der Waals surface area contributed by atoms with Crippen molar-refractivity contribution in [2.24, 2.45) is 5.92 Å².